The van der Waals surface area contributed by atoms with Crippen LogP contribution in [0, 0.1) is 10.9 Å². The van der Waals surface area contributed by atoms with Gasteiger partial charge in [-0.3, -0.25) is 5.41 Å². The van der Waals surface area contributed by atoms with Gasteiger partial charge in [-0.05, 0) is 0 Å². The average Bonchev–Trinajstić information content (AvgIpc) is 1.66. The van der Waals surface area contributed by atoms with Crippen LogP contribution >= 0.6 is 0 Å². The van der Waals surface area contributed by atoms with Crippen molar-refractivity contribution in [3.63, 3.8) is 0 Å². The smallest absolute Gasteiger partial charge is 0.183 e. The Morgan fingerprint density at radius 1 is 1.44 bits per heavy atom. The maximum atomic E-state index is 6.06. The summed E-state index contributed by atoms with van der Waals surface area (Å²) in [5.41, 5.74) is 14.9. The number of nitrogens with one attached hydrogen (secondary N) is 2. The van der Waals surface area contributed by atoms with Gasteiger partial charge in [-0.25, -0.2) is 5.53 Å². The fraction of sp³-hybridized carbons (Fsp3) is 0. The quantitative estimate of drug-likeness (QED) is 0.0994. The second-order valence-corrected chi connectivity index (χ2v) is 0.849. The molecule has 0 radical (unpaired) electrons. The molecule has 0 aromatic carbocycles. The van der Waals surface area contributed by atoms with Crippen LogP contribution in [0.1, 0.15) is 0 Å². The van der Waals surface area contributed by atoms with Crippen molar-refractivity contribution in [3.05, 3.63) is 0 Å². The molecule has 0 aliphatic rings. The van der Waals surface area contributed by atoms with Gasteiger partial charge >= 0.3 is 0 Å². The molecule has 0 rings (SSSR count). The Morgan fingerprint density at radius 2 is 1.78 bits per heavy atom. The number of rotatable bonds is 1. The van der Waals surface area contributed by atoms with Crippen molar-refractivity contribution in [2.24, 2.45) is 27.5 Å². The zero-order chi connectivity index (χ0) is 7.70. The summed E-state index contributed by atoms with van der Waals surface area (Å²) in [7, 11) is 0. The van der Waals surface area contributed by atoms with E-state index in [0.29, 0.717) is 0 Å². The van der Waals surface area contributed by atoms with E-state index in [1.54, 1.807) is 0 Å². The first-order valence-electron chi connectivity index (χ1n) is 1.83. The Morgan fingerprint density at radius 3 is 1.78 bits per heavy atom. The summed E-state index contributed by atoms with van der Waals surface area (Å²) in [4.78, 5) is 0. The number of nitrogens with two attached hydrogens (primary N) is 3. The third kappa shape index (κ3) is 1030. The molecule has 0 aliphatic carbocycles. The monoisotopic (exact) mass is 131 g/mol. The van der Waals surface area contributed by atoms with Crippen LogP contribution in [0.15, 0.2) is 10.2 Å². The van der Waals surface area contributed by atoms with Crippen LogP contribution < -0.4 is 17.3 Å². The molecule has 0 atom stereocenters. The number of hydrogen-bond acceptors (Lipinski definition) is 4. The molecule has 9 heavy (non-hydrogen) atoms. The minimum atomic E-state index is -0.333. The van der Waals surface area contributed by atoms with Gasteiger partial charge in [0.1, 0.15) is 0 Å². The van der Waals surface area contributed by atoms with E-state index < -0.39 is 0 Å². The van der Waals surface area contributed by atoms with Crippen molar-refractivity contribution >= 4 is 12.3 Å². The normalized spacial score (nSPS) is 7.56. The molecular formula is C2H9N7. The molecule has 0 saturated carbocycles. The first kappa shape index (κ1) is 10.3. The number of hydrogen-bond donors (Lipinski definition) is 5. The highest BCUT2D eigenvalue weighted by molar-refractivity contribution is 5.71. The van der Waals surface area contributed by atoms with Crippen LogP contribution in [0.5, 0.6) is 0 Å². The summed E-state index contributed by atoms with van der Waals surface area (Å²) < 4.78 is 0. The van der Waals surface area contributed by atoms with Gasteiger partial charge in [-0.15, -0.1) is 5.11 Å². The molecule has 0 aromatic rings. The summed E-state index contributed by atoms with van der Waals surface area (Å²) in [6.45, 7) is 0. The lowest BCUT2D eigenvalue weighted by atomic mass is 11.1. The minimum absolute atomic E-state index is 0.333. The molecule has 0 bridgehead atoms. The SMILES string of the molecule is N=C(N)N.N=NC=NN. The summed E-state index contributed by atoms with van der Waals surface area (Å²) in [5, 5.41) is 11.6. The highest BCUT2D eigenvalue weighted by atomic mass is 15.2. The fourth-order valence-corrected chi connectivity index (χ4v) is 0.0333. The molecule has 0 fully saturated rings. The lowest BCUT2D eigenvalue weighted by Gasteiger charge is -1.69. The van der Waals surface area contributed by atoms with Crippen molar-refractivity contribution in [1.29, 1.82) is 10.9 Å². The van der Waals surface area contributed by atoms with E-state index in [0.717, 1.165) is 6.34 Å². The maximum Gasteiger partial charge on any atom is 0.183 e. The molecule has 0 unspecified atom stereocenters. The largest absolute Gasteiger partial charge is 0.370 e. The lowest BCUT2D eigenvalue weighted by molar-refractivity contribution is 1.17. The molecule has 0 spiro atoms. The van der Waals surface area contributed by atoms with Crippen LogP contribution in [0.3, 0.4) is 0 Å². The zero-order valence-electron chi connectivity index (χ0n) is 4.70. The first-order valence-corrected chi connectivity index (χ1v) is 1.83. The molecule has 0 saturated heterocycles. The van der Waals surface area contributed by atoms with Gasteiger partial charge in [0.2, 0.25) is 0 Å². The van der Waals surface area contributed by atoms with E-state index in [9.17, 15) is 0 Å². The summed E-state index contributed by atoms with van der Waals surface area (Å²) >= 11 is 0. The van der Waals surface area contributed by atoms with Crippen molar-refractivity contribution in [1.82, 2.24) is 0 Å². The summed E-state index contributed by atoms with van der Waals surface area (Å²) in [6, 6.07) is 0. The first-order chi connectivity index (χ1) is 4.15. The molecule has 0 aliphatic heterocycles. The van der Waals surface area contributed by atoms with Crippen LogP contribution in [0.2, 0.25) is 0 Å². The average molecular weight is 131 g/mol. The van der Waals surface area contributed by atoms with Crippen molar-refractivity contribution < 1.29 is 0 Å². The molecule has 8 N–H and O–H groups in total. The van der Waals surface area contributed by atoms with E-state index in [4.69, 9.17) is 10.9 Å². The van der Waals surface area contributed by atoms with Gasteiger partial charge in [0.25, 0.3) is 0 Å². The minimum Gasteiger partial charge on any atom is -0.370 e. The third-order valence-electron chi connectivity index (χ3n) is 0.124. The van der Waals surface area contributed by atoms with E-state index >= 15 is 0 Å². The highest BCUT2D eigenvalue weighted by Gasteiger charge is 1.52. The van der Waals surface area contributed by atoms with Crippen molar-refractivity contribution in [3.8, 4) is 0 Å². The Bertz CT molecular complexity index is 99.5. The Labute approximate surface area is 51.9 Å². The lowest BCUT2D eigenvalue weighted by Crippen LogP contribution is -2.20. The zero-order valence-corrected chi connectivity index (χ0v) is 4.70. The second-order valence-electron chi connectivity index (χ2n) is 0.849. The second kappa shape index (κ2) is 9.60. The van der Waals surface area contributed by atoms with Crippen LogP contribution in [-0.2, 0) is 0 Å². The maximum absolute atomic E-state index is 6.06. The predicted molar refractivity (Wildman–Crippen MR) is 33.9 cm³/mol. The van der Waals surface area contributed by atoms with Gasteiger partial charge in [0, 0.05) is 0 Å². The van der Waals surface area contributed by atoms with Crippen LogP contribution in [0.25, 0.3) is 0 Å². The molecule has 0 aromatic heterocycles. The van der Waals surface area contributed by atoms with Crippen LogP contribution in [0.4, 0.5) is 0 Å². The molecule has 52 valence electrons. The molecule has 7 heteroatoms. The molecule has 0 heterocycles. The highest BCUT2D eigenvalue weighted by Crippen LogP contribution is 1.44. The van der Waals surface area contributed by atoms with E-state index in [1.165, 1.54) is 0 Å². The van der Waals surface area contributed by atoms with E-state index in [-0.39, 0.29) is 5.96 Å². The predicted octanol–water partition coefficient (Wildman–Crippen LogP) is -1.24. The van der Waals surface area contributed by atoms with Gasteiger partial charge in [-0.2, -0.15) is 5.10 Å². The Hall–Kier alpha value is -1.66. The van der Waals surface area contributed by atoms with Gasteiger partial charge < -0.3 is 17.3 Å². The summed E-state index contributed by atoms with van der Waals surface area (Å²) in [5.74, 6) is 4.16. The van der Waals surface area contributed by atoms with Gasteiger partial charge in [0.05, 0.1) is 0 Å². The van der Waals surface area contributed by atoms with Crippen LogP contribution in [-0.4, -0.2) is 12.3 Å². The Balaban J connectivity index is 0. The summed E-state index contributed by atoms with van der Waals surface area (Å²) in [6.07, 6.45) is 0.944. The van der Waals surface area contributed by atoms with Crippen molar-refractivity contribution in [2.45, 2.75) is 0 Å². The fourth-order valence-electron chi connectivity index (χ4n) is 0.0333. The van der Waals surface area contributed by atoms with Crippen molar-refractivity contribution in [2.75, 3.05) is 0 Å². The number of hydrazone groups is 1. The standard InChI is InChI=1S/CH4N4.CH5N3/c2-4-1-5-3;2-1(3)4/h1-2H,3H2;(H5,2,3,4). The number of guanidine groups is 1. The molecule has 7 nitrogen and oxygen atoms in total. The van der Waals surface area contributed by atoms with E-state index in [2.05, 4.69) is 27.5 Å². The molecular weight excluding hydrogens is 122 g/mol. The van der Waals surface area contributed by atoms with Gasteiger partial charge in [-0.1, -0.05) is 0 Å². The number of nitrogens with zero attached hydrogens (tertiary/aromatic N) is 2. The topological polar surface area (TPSA) is 150 Å². The molecule has 0 amide bonds. The van der Waals surface area contributed by atoms with E-state index in [1.807, 2.05) is 0 Å². The Kier molecular flexibility index (Phi) is 11.0. The van der Waals surface area contributed by atoms with Gasteiger partial charge in [0.15, 0.2) is 12.3 Å². The third-order valence-corrected chi connectivity index (χ3v) is 0.124.